The van der Waals surface area contributed by atoms with Crippen molar-refractivity contribution in [1.82, 2.24) is 5.32 Å². The smallest absolute Gasteiger partial charge is 0.325 e. The van der Waals surface area contributed by atoms with E-state index in [4.69, 9.17) is 4.74 Å². The van der Waals surface area contributed by atoms with Gasteiger partial charge in [-0.3, -0.25) is 19.7 Å². The first-order valence-electron chi connectivity index (χ1n) is 7.74. The quantitative estimate of drug-likeness (QED) is 0.493. The van der Waals surface area contributed by atoms with Crippen molar-refractivity contribution in [3.63, 3.8) is 0 Å². The number of carbonyl (C=O) groups is 2. The Hall–Kier alpha value is -2.44. The molecule has 1 aliphatic carbocycles. The summed E-state index contributed by atoms with van der Waals surface area (Å²) >= 11 is 0. The average Bonchev–Trinajstić information content (AvgIpc) is 2.58. The first-order chi connectivity index (χ1) is 11.1. The van der Waals surface area contributed by atoms with Crippen molar-refractivity contribution in [1.29, 1.82) is 0 Å². The summed E-state index contributed by atoms with van der Waals surface area (Å²) in [7, 11) is 0. The van der Waals surface area contributed by atoms with E-state index >= 15 is 0 Å². The molecule has 23 heavy (non-hydrogen) atoms. The normalized spacial score (nSPS) is 15.0. The van der Waals surface area contributed by atoms with Gasteiger partial charge < -0.3 is 10.1 Å². The molecular weight excluding hydrogens is 300 g/mol. The molecule has 0 unspecified atom stereocenters. The summed E-state index contributed by atoms with van der Waals surface area (Å²) in [6.07, 6.45) is 5.74. The fourth-order valence-electron chi connectivity index (χ4n) is 2.63. The van der Waals surface area contributed by atoms with Crippen LogP contribution in [0.5, 0.6) is 0 Å². The number of esters is 1. The molecule has 7 heteroatoms. The number of nitrogens with zero attached hydrogens (tertiary/aromatic N) is 1. The summed E-state index contributed by atoms with van der Waals surface area (Å²) in [5, 5.41) is 13.1. The number of hydrogen-bond donors (Lipinski definition) is 1. The number of benzene rings is 1. The minimum atomic E-state index is -0.574. The summed E-state index contributed by atoms with van der Waals surface area (Å²) in [6.45, 7) is 0.153. The lowest BCUT2D eigenvalue weighted by molar-refractivity contribution is -0.384. The Labute approximate surface area is 134 Å². The first kappa shape index (κ1) is 16.9. The van der Waals surface area contributed by atoms with Gasteiger partial charge in [0.25, 0.3) is 11.6 Å². The first-order valence-corrected chi connectivity index (χ1v) is 7.74. The van der Waals surface area contributed by atoms with Gasteiger partial charge in [-0.15, -0.1) is 0 Å². The third kappa shape index (κ3) is 5.36. The third-order valence-corrected chi connectivity index (χ3v) is 3.92. The van der Waals surface area contributed by atoms with Crippen molar-refractivity contribution in [2.75, 3.05) is 13.2 Å². The van der Waals surface area contributed by atoms with Gasteiger partial charge in [-0.1, -0.05) is 25.3 Å². The van der Waals surface area contributed by atoms with Crippen LogP contribution < -0.4 is 5.32 Å². The Morgan fingerprint density at radius 3 is 2.70 bits per heavy atom. The number of nitro benzene ring substituents is 1. The van der Waals surface area contributed by atoms with Crippen LogP contribution in [0.1, 0.15) is 42.5 Å². The minimum Gasteiger partial charge on any atom is -0.464 e. The SMILES string of the molecule is O=C(CNC(=O)c1cccc([N+](=O)[O-])c1)OCC1CCCCC1. The van der Waals surface area contributed by atoms with E-state index < -0.39 is 16.8 Å². The molecule has 1 fully saturated rings. The standard InChI is InChI=1S/C16H20N2O5/c19-15(23-11-12-5-2-1-3-6-12)10-17-16(20)13-7-4-8-14(9-13)18(21)22/h4,7-9,12H,1-3,5-6,10-11H2,(H,17,20). The highest BCUT2D eigenvalue weighted by Gasteiger charge is 2.16. The van der Waals surface area contributed by atoms with Crippen LogP contribution in [0.15, 0.2) is 24.3 Å². The molecule has 124 valence electrons. The lowest BCUT2D eigenvalue weighted by atomic mass is 9.90. The van der Waals surface area contributed by atoms with Crippen LogP contribution in [-0.4, -0.2) is 30.0 Å². The van der Waals surface area contributed by atoms with Crippen molar-refractivity contribution in [2.45, 2.75) is 32.1 Å². The topological polar surface area (TPSA) is 98.5 Å². The van der Waals surface area contributed by atoms with Gasteiger partial charge >= 0.3 is 5.97 Å². The van der Waals surface area contributed by atoms with E-state index in [2.05, 4.69) is 5.32 Å². The number of carbonyl (C=O) groups excluding carboxylic acids is 2. The molecule has 1 aromatic rings. The summed E-state index contributed by atoms with van der Waals surface area (Å²) in [5.74, 6) is -0.613. The highest BCUT2D eigenvalue weighted by Crippen LogP contribution is 2.23. The number of ether oxygens (including phenoxy) is 1. The lowest BCUT2D eigenvalue weighted by Gasteiger charge is -2.21. The van der Waals surface area contributed by atoms with E-state index in [9.17, 15) is 19.7 Å². The predicted octanol–water partition coefficient (Wildman–Crippen LogP) is 2.45. The maximum atomic E-state index is 11.9. The van der Waals surface area contributed by atoms with Crippen molar-refractivity contribution in [3.05, 3.63) is 39.9 Å². The van der Waals surface area contributed by atoms with E-state index in [1.807, 2.05) is 0 Å². The summed E-state index contributed by atoms with van der Waals surface area (Å²) in [4.78, 5) is 33.6. The molecule has 1 aliphatic rings. The van der Waals surface area contributed by atoms with E-state index in [0.717, 1.165) is 12.8 Å². The number of nitro groups is 1. The second-order valence-corrected chi connectivity index (χ2v) is 5.68. The molecule has 0 atom stereocenters. The lowest BCUT2D eigenvalue weighted by Crippen LogP contribution is -2.31. The van der Waals surface area contributed by atoms with E-state index in [1.165, 1.54) is 43.5 Å². The maximum Gasteiger partial charge on any atom is 0.325 e. The molecule has 0 saturated heterocycles. The van der Waals surface area contributed by atoms with Gasteiger partial charge in [-0.2, -0.15) is 0 Å². The molecule has 2 rings (SSSR count). The van der Waals surface area contributed by atoms with Crippen LogP contribution in [0.25, 0.3) is 0 Å². The van der Waals surface area contributed by atoms with Gasteiger partial charge in [0.2, 0.25) is 0 Å². The van der Waals surface area contributed by atoms with Gasteiger partial charge in [-0.05, 0) is 24.8 Å². The molecule has 1 N–H and O–H groups in total. The van der Waals surface area contributed by atoms with E-state index in [-0.39, 0.29) is 17.8 Å². The van der Waals surface area contributed by atoms with Crippen LogP contribution in [0.3, 0.4) is 0 Å². The van der Waals surface area contributed by atoms with Gasteiger partial charge in [0.15, 0.2) is 0 Å². The summed E-state index contributed by atoms with van der Waals surface area (Å²) in [5.41, 5.74) is -0.0307. The van der Waals surface area contributed by atoms with Crippen LogP contribution in [0.2, 0.25) is 0 Å². The highest BCUT2D eigenvalue weighted by molar-refractivity contribution is 5.96. The van der Waals surface area contributed by atoms with Crippen LogP contribution in [-0.2, 0) is 9.53 Å². The van der Waals surface area contributed by atoms with Crippen molar-refractivity contribution < 1.29 is 19.2 Å². The molecule has 0 bridgehead atoms. The summed E-state index contributed by atoms with van der Waals surface area (Å²) < 4.78 is 5.17. The molecule has 0 heterocycles. The average molecular weight is 320 g/mol. The maximum absolute atomic E-state index is 11.9. The Bertz CT molecular complexity index is 582. The van der Waals surface area contributed by atoms with Gasteiger partial charge in [0.1, 0.15) is 6.54 Å². The Kier molecular flexibility index (Phi) is 6.08. The molecule has 1 saturated carbocycles. The van der Waals surface area contributed by atoms with E-state index in [0.29, 0.717) is 12.5 Å². The van der Waals surface area contributed by atoms with Crippen molar-refractivity contribution >= 4 is 17.6 Å². The van der Waals surface area contributed by atoms with E-state index in [1.54, 1.807) is 0 Å². The van der Waals surface area contributed by atoms with Crippen molar-refractivity contribution in [2.24, 2.45) is 5.92 Å². The van der Waals surface area contributed by atoms with Crippen LogP contribution >= 0.6 is 0 Å². The molecular formula is C16H20N2O5. The zero-order valence-corrected chi connectivity index (χ0v) is 12.8. The zero-order valence-electron chi connectivity index (χ0n) is 12.8. The molecule has 1 aromatic carbocycles. The fourth-order valence-corrected chi connectivity index (χ4v) is 2.63. The van der Waals surface area contributed by atoms with Gasteiger partial charge in [0.05, 0.1) is 11.5 Å². The van der Waals surface area contributed by atoms with Gasteiger partial charge in [-0.25, -0.2) is 0 Å². The highest BCUT2D eigenvalue weighted by atomic mass is 16.6. The zero-order chi connectivity index (χ0) is 16.7. The second-order valence-electron chi connectivity index (χ2n) is 5.68. The van der Waals surface area contributed by atoms with Gasteiger partial charge in [0, 0.05) is 17.7 Å². The molecule has 0 aliphatic heterocycles. The second kappa shape index (κ2) is 8.26. The Balaban J connectivity index is 1.76. The fraction of sp³-hybridized carbons (Fsp3) is 0.500. The number of amides is 1. The predicted molar refractivity (Wildman–Crippen MR) is 83.0 cm³/mol. The van der Waals surface area contributed by atoms with Crippen molar-refractivity contribution in [3.8, 4) is 0 Å². The molecule has 7 nitrogen and oxygen atoms in total. The number of non-ortho nitro benzene ring substituents is 1. The van der Waals surface area contributed by atoms with Crippen LogP contribution in [0.4, 0.5) is 5.69 Å². The Morgan fingerprint density at radius 2 is 2.00 bits per heavy atom. The molecule has 0 radical (unpaired) electrons. The van der Waals surface area contributed by atoms with Crippen LogP contribution in [0, 0.1) is 16.0 Å². The largest absolute Gasteiger partial charge is 0.464 e. The third-order valence-electron chi connectivity index (χ3n) is 3.92. The summed E-state index contributed by atoms with van der Waals surface area (Å²) in [6, 6.07) is 5.35. The molecule has 1 amide bonds. The Morgan fingerprint density at radius 1 is 1.26 bits per heavy atom. The molecule has 0 spiro atoms. The molecule has 0 aromatic heterocycles. The number of rotatable bonds is 6. The monoisotopic (exact) mass is 320 g/mol. The number of nitrogens with one attached hydrogen (secondary N) is 1. The number of hydrogen-bond acceptors (Lipinski definition) is 5. The minimum absolute atomic E-state index is 0.138.